The van der Waals surface area contributed by atoms with Gasteiger partial charge < -0.3 is 11.1 Å². The minimum Gasteiger partial charge on any atom is -0.393 e. The molecule has 1 aromatic carbocycles. The van der Waals surface area contributed by atoms with Crippen molar-refractivity contribution in [1.82, 2.24) is 5.32 Å². The minimum absolute atomic E-state index is 0.0138. The molecule has 1 amide bonds. The SMILES string of the molecule is CC1CCC(NC(=O)c2cccc(N)c2[N+](=O)[O-])CC1. The number of carbonyl (C=O) groups excluding carboxylic acids is 1. The Bertz CT molecular complexity index is 522. The molecule has 108 valence electrons. The predicted octanol–water partition coefficient (Wildman–Crippen LogP) is 2.49. The first-order chi connectivity index (χ1) is 9.49. The molecule has 0 unspecified atom stereocenters. The van der Waals surface area contributed by atoms with Crippen LogP contribution in [0.5, 0.6) is 0 Å². The number of amides is 1. The third-order valence-electron chi connectivity index (χ3n) is 3.85. The normalized spacial score (nSPS) is 22.2. The third-order valence-corrected chi connectivity index (χ3v) is 3.85. The van der Waals surface area contributed by atoms with Gasteiger partial charge in [-0.2, -0.15) is 0 Å². The summed E-state index contributed by atoms with van der Waals surface area (Å²) in [5.74, 6) is 0.272. The van der Waals surface area contributed by atoms with E-state index in [-0.39, 0.29) is 23.0 Å². The van der Waals surface area contributed by atoms with Gasteiger partial charge in [0.25, 0.3) is 5.91 Å². The van der Waals surface area contributed by atoms with Crippen molar-refractivity contribution >= 4 is 17.3 Å². The minimum atomic E-state index is -0.604. The summed E-state index contributed by atoms with van der Waals surface area (Å²) in [5.41, 5.74) is 5.33. The molecule has 0 bridgehead atoms. The van der Waals surface area contributed by atoms with Gasteiger partial charge in [-0.05, 0) is 43.7 Å². The van der Waals surface area contributed by atoms with Crippen molar-refractivity contribution in [2.75, 3.05) is 5.73 Å². The van der Waals surface area contributed by atoms with Gasteiger partial charge in [-0.1, -0.05) is 13.0 Å². The van der Waals surface area contributed by atoms with Crippen molar-refractivity contribution in [2.45, 2.75) is 38.6 Å². The van der Waals surface area contributed by atoms with Crippen LogP contribution in [0.1, 0.15) is 43.0 Å². The molecule has 1 saturated carbocycles. The van der Waals surface area contributed by atoms with E-state index in [1.165, 1.54) is 12.1 Å². The molecule has 1 fully saturated rings. The highest BCUT2D eigenvalue weighted by Gasteiger charge is 2.26. The lowest BCUT2D eigenvalue weighted by Gasteiger charge is -2.26. The van der Waals surface area contributed by atoms with Gasteiger partial charge in [0.1, 0.15) is 11.3 Å². The van der Waals surface area contributed by atoms with Crippen LogP contribution in [-0.2, 0) is 0 Å². The molecule has 0 heterocycles. The molecule has 6 heteroatoms. The second-order valence-corrected chi connectivity index (χ2v) is 5.43. The van der Waals surface area contributed by atoms with E-state index in [1.807, 2.05) is 0 Å². The Morgan fingerprint density at radius 3 is 2.60 bits per heavy atom. The molecular weight excluding hydrogens is 258 g/mol. The van der Waals surface area contributed by atoms with Crippen LogP contribution >= 0.6 is 0 Å². The van der Waals surface area contributed by atoms with Crippen molar-refractivity contribution in [3.63, 3.8) is 0 Å². The van der Waals surface area contributed by atoms with E-state index in [2.05, 4.69) is 12.2 Å². The van der Waals surface area contributed by atoms with Crippen LogP contribution in [0.15, 0.2) is 18.2 Å². The fourth-order valence-corrected chi connectivity index (χ4v) is 2.62. The number of hydrogen-bond donors (Lipinski definition) is 2. The Morgan fingerprint density at radius 1 is 1.35 bits per heavy atom. The number of anilines is 1. The standard InChI is InChI=1S/C14H19N3O3/c1-9-5-7-10(8-6-9)16-14(18)11-3-2-4-12(15)13(11)17(19)20/h2-4,9-10H,5-8,15H2,1H3,(H,16,18). The van der Waals surface area contributed by atoms with Gasteiger partial charge in [-0.15, -0.1) is 0 Å². The molecule has 1 aliphatic rings. The van der Waals surface area contributed by atoms with Crippen LogP contribution < -0.4 is 11.1 Å². The zero-order chi connectivity index (χ0) is 14.7. The number of nitrogens with one attached hydrogen (secondary N) is 1. The van der Waals surface area contributed by atoms with Gasteiger partial charge in [0, 0.05) is 6.04 Å². The van der Waals surface area contributed by atoms with Gasteiger partial charge >= 0.3 is 5.69 Å². The summed E-state index contributed by atoms with van der Waals surface area (Å²) in [5, 5.41) is 13.9. The fourth-order valence-electron chi connectivity index (χ4n) is 2.62. The lowest BCUT2D eigenvalue weighted by atomic mass is 9.87. The summed E-state index contributed by atoms with van der Waals surface area (Å²) >= 11 is 0. The summed E-state index contributed by atoms with van der Waals surface area (Å²) in [4.78, 5) is 22.6. The second-order valence-electron chi connectivity index (χ2n) is 5.43. The zero-order valence-electron chi connectivity index (χ0n) is 11.5. The highest BCUT2D eigenvalue weighted by molar-refractivity contribution is 6.00. The molecule has 0 aliphatic heterocycles. The Hall–Kier alpha value is -2.11. The molecule has 0 radical (unpaired) electrons. The van der Waals surface area contributed by atoms with E-state index < -0.39 is 10.8 Å². The average Bonchev–Trinajstić information content (AvgIpc) is 2.40. The van der Waals surface area contributed by atoms with Crippen LogP contribution in [0.4, 0.5) is 11.4 Å². The topological polar surface area (TPSA) is 98.3 Å². The van der Waals surface area contributed by atoms with Gasteiger partial charge in [0.05, 0.1) is 4.92 Å². The molecule has 1 aromatic rings. The maximum atomic E-state index is 12.2. The van der Waals surface area contributed by atoms with E-state index in [9.17, 15) is 14.9 Å². The largest absolute Gasteiger partial charge is 0.393 e. The van der Waals surface area contributed by atoms with Crippen molar-refractivity contribution in [3.8, 4) is 0 Å². The first-order valence-electron chi connectivity index (χ1n) is 6.82. The molecule has 6 nitrogen and oxygen atoms in total. The quantitative estimate of drug-likeness (QED) is 0.503. The van der Waals surface area contributed by atoms with Gasteiger partial charge in [0.15, 0.2) is 0 Å². The second kappa shape index (κ2) is 5.90. The Balaban J connectivity index is 2.13. The maximum absolute atomic E-state index is 12.2. The van der Waals surface area contributed by atoms with Gasteiger partial charge in [0.2, 0.25) is 0 Å². The number of rotatable bonds is 3. The third kappa shape index (κ3) is 3.07. The van der Waals surface area contributed by atoms with Crippen LogP contribution in [0.3, 0.4) is 0 Å². The summed E-state index contributed by atoms with van der Waals surface area (Å²) < 4.78 is 0. The van der Waals surface area contributed by atoms with Crippen LogP contribution in [0.25, 0.3) is 0 Å². The first-order valence-corrected chi connectivity index (χ1v) is 6.82. The molecule has 0 saturated heterocycles. The zero-order valence-corrected chi connectivity index (χ0v) is 11.5. The maximum Gasteiger partial charge on any atom is 0.304 e. The number of para-hydroxylation sites is 1. The molecular formula is C14H19N3O3. The number of hydrogen-bond acceptors (Lipinski definition) is 4. The van der Waals surface area contributed by atoms with Crippen LogP contribution in [0, 0.1) is 16.0 Å². The van der Waals surface area contributed by atoms with Crippen molar-refractivity contribution in [3.05, 3.63) is 33.9 Å². The molecule has 0 aromatic heterocycles. The first kappa shape index (κ1) is 14.3. The Kier molecular flexibility index (Phi) is 4.22. The number of benzene rings is 1. The fraction of sp³-hybridized carbons (Fsp3) is 0.500. The summed E-state index contributed by atoms with van der Waals surface area (Å²) in [7, 11) is 0. The number of nitrogen functional groups attached to an aromatic ring is 1. The van der Waals surface area contributed by atoms with E-state index in [1.54, 1.807) is 6.07 Å². The monoisotopic (exact) mass is 277 g/mol. The lowest BCUT2D eigenvalue weighted by Crippen LogP contribution is -2.37. The molecule has 0 atom stereocenters. The highest BCUT2D eigenvalue weighted by Crippen LogP contribution is 2.27. The van der Waals surface area contributed by atoms with Crippen molar-refractivity contribution in [1.29, 1.82) is 0 Å². The molecule has 0 spiro atoms. The van der Waals surface area contributed by atoms with Crippen LogP contribution in [0.2, 0.25) is 0 Å². The predicted molar refractivity (Wildman–Crippen MR) is 76.4 cm³/mol. The number of nitrogens with two attached hydrogens (primary N) is 1. The van der Waals surface area contributed by atoms with Crippen LogP contribution in [-0.4, -0.2) is 16.9 Å². The molecule has 20 heavy (non-hydrogen) atoms. The van der Waals surface area contributed by atoms with E-state index in [4.69, 9.17) is 5.73 Å². The van der Waals surface area contributed by atoms with E-state index >= 15 is 0 Å². The van der Waals surface area contributed by atoms with Gasteiger partial charge in [-0.3, -0.25) is 14.9 Å². The number of nitro benzene ring substituents is 1. The number of nitrogens with zero attached hydrogens (tertiary/aromatic N) is 1. The van der Waals surface area contributed by atoms with Crippen molar-refractivity contribution < 1.29 is 9.72 Å². The molecule has 2 rings (SSSR count). The number of nitro groups is 1. The lowest BCUT2D eigenvalue weighted by molar-refractivity contribution is -0.384. The Morgan fingerprint density at radius 2 is 2.00 bits per heavy atom. The van der Waals surface area contributed by atoms with Gasteiger partial charge in [-0.25, -0.2) is 0 Å². The van der Waals surface area contributed by atoms with E-state index in [0.717, 1.165) is 25.7 Å². The molecule has 3 N–H and O–H groups in total. The smallest absolute Gasteiger partial charge is 0.304 e. The summed E-state index contributed by atoms with van der Waals surface area (Å²) in [6.07, 6.45) is 3.99. The summed E-state index contributed by atoms with van der Waals surface area (Å²) in [6, 6.07) is 4.52. The summed E-state index contributed by atoms with van der Waals surface area (Å²) in [6.45, 7) is 2.20. The van der Waals surface area contributed by atoms with Crippen molar-refractivity contribution in [2.24, 2.45) is 5.92 Å². The Labute approximate surface area is 117 Å². The highest BCUT2D eigenvalue weighted by atomic mass is 16.6. The number of carbonyl (C=O) groups is 1. The average molecular weight is 277 g/mol. The molecule has 1 aliphatic carbocycles. The van der Waals surface area contributed by atoms with E-state index in [0.29, 0.717) is 5.92 Å².